The summed E-state index contributed by atoms with van der Waals surface area (Å²) in [6.45, 7) is 6.41. The van der Waals surface area contributed by atoms with Crippen molar-refractivity contribution >= 4 is 17.6 Å². The first-order valence-electron chi connectivity index (χ1n) is 7.26. The van der Waals surface area contributed by atoms with Gasteiger partial charge in [-0.15, -0.1) is 0 Å². The van der Waals surface area contributed by atoms with Crippen LogP contribution in [0.4, 0.5) is 0 Å². The Bertz CT molecular complexity index is 714. The van der Waals surface area contributed by atoms with Crippen molar-refractivity contribution in [3.05, 3.63) is 64.7 Å². The van der Waals surface area contributed by atoms with E-state index >= 15 is 0 Å². The van der Waals surface area contributed by atoms with E-state index in [4.69, 9.17) is 4.74 Å². The van der Waals surface area contributed by atoms with Crippen molar-refractivity contribution in [3.63, 3.8) is 0 Å². The van der Waals surface area contributed by atoms with Crippen LogP contribution in [-0.4, -0.2) is 17.7 Å². The molecule has 0 saturated heterocycles. The van der Waals surface area contributed by atoms with Crippen molar-refractivity contribution in [2.24, 2.45) is 0 Å². The van der Waals surface area contributed by atoms with Crippen LogP contribution < -0.4 is 4.74 Å². The highest BCUT2D eigenvalue weighted by atomic mass is 16.5. The van der Waals surface area contributed by atoms with E-state index in [0.717, 1.165) is 22.4 Å². The average Bonchev–Trinajstić information content (AvgIpc) is 2.47. The number of benzene rings is 2. The fourth-order valence-electron chi connectivity index (χ4n) is 2.33. The van der Waals surface area contributed by atoms with Gasteiger partial charge in [-0.1, -0.05) is 35.9 Å². The molecular weight excluding hydrogens is 276 g/mol. The van der Waals surface area contributed by atoms with Crippen molar-refractivity contribution in [2.75, 3.05) is 6.61 Å². The minimum Gasteiger partial charge on any atom is -0.494 e. The smallest absolute Gasteiger partial charge is 0.336 e. The van der Waals surface area contributed by atoms with Gasteiger partial charge in [0.1, 0.15) is 5.75 Å². The summed E-state index contributed by atoms with van der Waals surface area (Å²) < 4.78 is 5.50. The van der Waals surface area contributed by atoms with Crippen LogP contribution >= 0.6 is 0 Å². The first-order valence-corrected chi connectivity index (χ1v) is 7.26. The third-order valence-electron chi connectivity index (χ3n) is 3.37. The van der Waals surface area contributed by atoms with Crippen LogP contribution in [-0.2, 0) is 4.79 Å². The number of ether oxygens (including phenoxy) is 1. The van der Waals surface area contributed by atoms with E-state index in [9.17, 15) is 9.90 Å². The van der Waals surface area contributed by atoms with Gasteiger partial charge in [-0.25, -0.2) is 4.79 Å². The molecule has 0 aromatic heterocycles. The maximum atomic E-state index is 11.6. The highest BCUT2D eigenvalue weighted by molar-refractivity contribution is 6.20. The normalized spacial score (nSPS) is 11.3. The minimum atomic E-state index is -0.940. The predicted molar refractivity (Wildman–Crippen MR) is 89.0 cm³/mol. The lowest BCUT2D eigenvalue weighted by Gasteiger charge is -2.10. The molecule has 0 spiro atoms. The van der Waals surface area contributed by atoms with E-state index in [1.165, 1.54) is 0 Å². The van der Waals surface area contributed by atoms with E-state index in [2.05, 4.69) is 0 Å². The summed E-state index contributed by atoms with van der Waals surface area (Å²) >= 11 is 0. The first kappa shape index (κ1) is 15.8. The van der Waals surface area contributed by atoms with Crippen molar-refractivity contribution in [1.82, 2.24) is 0 Å². The lowest BCUT2D eigenvalue weighted by Crippen LogP contribution is -2.01. The largest absolute Gasteiger partial charge is 0.494 e. The van der Waals surface area contributed by atoms with Crippen LogP contribution in [0.2, 0.25) is 0 Å². The molecule has 0 radical (unpaired) electrons. The van der Waals surface area contributed by atoms with Gasteiger partial charge in [-0.2, -0.15) is 0 Å². The average molecular weight is 296 g/mol. The standard InChI is InChI=1S/C19H20O3/c1-4-22-18-9-8-16(11-14(18)3)17(19(20)21)12-15-7-5-6-13(2)10-15/h5-12H,4H2,1-3H3,(H,20,21)/b17-12-. The van der Waals surface area contributed by atoms with Crippen LogP contribution in [0.15, 0.2) is 42.5 Å². The Morgan fingerprint density at radius 2 is 1.95 bits per heavy atom. The number of carboxylic acid groups (broad SMARTS) is 1. The van der Waals surface area contributed by atoms with Crippen molar-refractivity contribution in [1.29, 1.82) is 0 Å². The molecule has 2 rings (SSSR count). The van der Waals surface area contributed by atoms with Gasteiger partial charge in [-0.05, 0) is 55.7 Å². The number of carboxylic acids is 1. The van der Waals surface area contributed by atoms with E-state index in [0.29, 0.717) is 12.2 Å². The molecule has 0 saturated carbocycles. The molecule has 0 fully saturated rings. The molecule has 3 heteroatoms. The van der Waals surface area contributed by atoms with Crippen molar-refractivity contribution in [2.45, 2.75) is 20.8 Å². The number of carbonyl (C=O) groups is 1. The summed E-state index contributed by atoms with van der Waals surface area (Å²) in [7, 11) is 0. The van der Waals surface area contributed by atoms with E-state index in [-0.39, 0.29) is 5.57 Å². The number of rotatable bonds is 5. The van der Waals surface area contributed by atoms with Gasteiger partial charge in [0.2, 0.25) is 0 Å². The molecule has 0 unspecified atom stereocenters. The molecule has 0 aliphatic carbocycles. The number of aryl methyl sites for hydroxylation is 2. The topological polar surface area (TPSA) is 46.5 Å². The summed E-state index contributed by atoms with van der Waals surface area (Å²) in [5, 5.41) is 9.52. The Kier molecular flexibility index (Phi) is 4.99. The lowest BCUT2D eigenvalue weighted by atomic mass is 10.00. The predicted octanol–water partition coefficient (Wildman–Crippen LogP) is 4.33. The number of hydrogen-bond donors (Lipinski definition) is 1. The van der Waals surface area contributed by atoms with Gasteiger partial charge in [0, 0.05) is 0 Å². The van der Waals surface area contributed by atoms with Gasteiger partial charge in [0.25, 0.3) is 0 Å². The zero-order valence-corrected chi connectivity index (χ0v) is 13.1. The molecule has 0 aliphatic rings. The van der Waals surface area contributed by atoms with Gasteiger partial charge in [0.15, 0.2) is 0 Å². The van der Waals surface area contributed by atoms with Crippen molar-refractivity contribution < 1.29 is 14.6 Å². The summed E-state index contributed by atoms with van der Waals surface area (Å²) in [6.07, 6.45) is 1.70. The maximum Gasteiger partial charge on any atom is 0.336 e. The molecule has 3 nitrogen and oxygen atoms in total. The molecule has 22 heavy (non-hydrogen) atoms. The summed E-state index contributed by atoms with van der Waals surface area (Å²) in [6, 6.07) is 13.2. The molecule has 0 aliphatic heterocycles. The third kappa shape index (κ3) is 3.76. The van der Waals surface area contributed by atoms with Gasteiger partial charge >= 0.3 is 5.97 Å². The zero-order valence-electron chi connectivity index (χ0n) is 13.1. The Morgan fingerprint density at radius 3 is 2.55 bits per heavy atom. The molecule has 0 amide bonds. The highest BCUT2D eigenvalue weighted by Crippen LogP contribution is 2.25. The van der Waals surface area contributed by atoms with Crippen LogP contribution in [0, 0.1) is 13.8 Å². The number of aliphatic carboxylic acids is 1. The Morgan fingerprint density at radius 1 is 1.18 bits per heavy atom. The van der Waals surface area contributed by atoms with Gasteiger partial charge in [-0.3, -0.25) is 0 Å². The van der Waals surface area contributed by atoms with E-state index in [1.807, 2.05) is 57.2 Å². The van der Waals surface area contributed by atoms with Crippen LogP contribution in [0.1, 0.15) is 29.2 Å². The van der Waals surface area contributed by atoms with Crippen LogP contribution in [0.5, 0.6) is 5.75 Å². The molecule has 0 atom stereocenters. The second-order valence-electron chi connectivity index (χ2n) is 5.19. The maximum absolute atomic E-state index is 11.6. The molecule has 114 valence electrons. The van der Waals surface area contributed by atoms with Crippen LogP contribution in [0.25, 0.3) is 11.6 Å². The Balaban J connectivity index is 2.44. The molecule has 0 heterocycles. The fraction of sp³-hybridized carbons (Fsp3) is 0.211. The summed E-state index contributed by atoms with van der Waals surface area (Å²) in [4.78, 5) is 11.6. The molecule has 0 bridgehead atoms. The number of hydrogen-bond acceptors (Lipinski definition) is 2. The quantitative estimate of drug-likeness (QED) is 0.660. The van der Waals surface area contributed by atoms with E-state index < -0.39 is 5.97 Å². The highest BCUT2D eigenvalue weighted by Gasteiger charge is 2.12. The Labute approximate surface area is 130 Å². The fourth-order valence-corrected chi connectivity index (χ4v) is 2.33. The summed E-state index contributed by atoms with van der Waals surface area (Å²) in [5.74, 6) is -0.156. The Hall–Kier alpha value is -2.55. The minimum absolute atomic E-state index is 0.275. The van der Waals surface area contributed by atoms with Gasteiger partial charge < -0.3 is 9.84 Å². The third-order valence-corrected chi connectivity index (χ3v) is 3.37. The first-order chi connectivity index (χ1) is 10.5. The SMILES string of the molecule is CCOc1ccc(/C(=C/c2cccc(C)c2)C(=O)O)cc1C. The monoisotopic (exact) mass is 296 g/mol. The van der Waals surface area contributed by atoms with E-state index in [1.54, 1.807) is 12.1 Å². The lowest BCUT2D eigenvalue weighted by molar-refractivity contribution is -0.130. The molecule has 2 aromatic carbocycles. The molecule has 1 N–H and O–H groups in total. The zero-order chi connectivity index (χ0) is 16.1. The van der Waals surface area contributed by atoms with Gasteiger partial charge in [0.05, 0.1) is 12.2 Å². The van der Waals surface area contributed by atoms with Crippen LogP contribution in [0.3, 0.4) is 0 Å². The second kappa shape index (κ2) is 6.94. The summed E-state index contributed by atoms with van der Waals surface area (Å²) in [5.41, 5.74) is 3.85. The second-order valence-corrected chi connectivity index (χ2v) is 5.19. The molecule has 2 aromatic rings. The molecular formula is C19H20O3. The van der Waals surface area contributed by atoms with Crippen molar-refractivity contribution in [3.8, 4) is 5.75 Å².